The number of esters is 1. The average molecular weight is 604 g/mol. The number of hydrogen-bond donors (Lipinski definition) is 3. The molecule has 188 valence electrons. The molecule has 1 atom stereocenters. The summed E-state index contributed by atoms with van der Waals surface area (Å²) in [7, 11) is 0. The average Bonchev–Trinajstić information content (AvgIpc) is 3.21. The Labute approximate surface area is 220 Å². The summed E-state index contributed by atoms with van der Waals surface area (Å²) in [6.45, 7) is 2.17. The number of aromatic nitrogens is 3. The van der Waals surface area contributed by atoms with Gasteiger partial charge in [-0.2, -0.15) is 0 Å². The lowest BCUT2D eigenvalue weighted by molar-refractivity contribution is 0.0516. The van der Waals surface area contributed by atoms with Crippen molar-refractivity contribution in [2.24, 2.45) is 0 Å². The SMILES string of the molecule is CCOC(=O)c1c(-c2ccc(C(=O)Nc3cc(I)ccn3)cc2)nc(C2CCCCN2C(=O)O)n1N. The second-order valence-corrected chi connectivity index (χ2v) is 9.38. The number of carbonyl (C=O) groups is 3. The normalized spacial score (nSPS) is 15.4. The van der Waals surface area contributed by atoms with Crippen molar-refractivity contribution in [3.8, 4) is 11.3 Å². The summed E-state index contributed by atoms with van der Waals surface area (Å²) in [5.41, 5.74) is 1.19. The predicted molar refractivity (Wildman–Crippen MR) is 140 cm³/mol. The number of imidazole rings is 1. The topological polar surface area (TPSA) is 153 Å². The van der Waals surface area contributed by atoms with Crippen molar-refractivity contribution in [1.29, 1.82) is 0 Å². The summed E-state index contributed by atoms with van der Waals surface area (Å²) >= 11 is 2.13. The molecule has 0 bridgehead atoms. The number of anilines is 1. The summed E-state index contributed by atoms with van der Waals surface area (Å²) in [6, 6.07) is 9.50. The largest absolute Gasteiger partial charge is 0.465 e. The van der Waals surface area contributed by atoms with E-state index in [1.54, 1.807) is 43.5 Å². The number of amides is 2. The van der Waals surface area contributed by atoms with Gasteiger partial charge in [-0.05, 0) is 73.0 Å². The molecule has 1 saturated heterocycles. The van der Waals surface area contributed by atoms with Crippen LogP contribution < -0.4 is 11.2 Å². The number of rotatable bonds is 6. The molecule has 12 heteroatoms. The van der Waals surface area contributed by atoms with Crippen LogP contribution in [0.5, 0.6) is 0 Å². The number of hydrogen-bond acceptors (Lipinski definition) is 7. The van der Waals surface area contributed by atoms with Crippen LogP contribution in [0.4, 0.5) is 10.6 Å². The maximum Gasteiger partial charge on any atom is 0.407 e. The standard InChI is InChI=1S/C24H25IN6O5/c1-2-36-23(33)20-19(29-21(31(20)26)17-5-3-4-12-30(17)24(34)35)14-6-8-15(9-7-14)22(32)28-18-13-16(25)10-11-27-18/h6-11,13,17H,2-5,12,26H2,1H3,(H,34,35)(H,27,28,32). The van der Waals surface area contributed by atoms with Gasteiger partial charge >= 0.3 is 12.1 Å². The molecule has 1 aromatic carbocycles. The minimum atomic E-state index is -1.07. The van der Waals surface area contributed by atoms with Gasteiger partial charge < -0.3 is 21.0 Å². The molecule has 4 N–H and O–H groups in total. The fraction of sp³-hybridized carbons (Fsp3) is 0.292. The number of piperidine rings is 1. The summed E-state index contributed by atoms with van der Waals surface area (Å²) < 4.78 is 7.27. The van der Waals surface area contributed by atoms with Gasteiger partial charge in [0, 0.05) is 27.4 Å². The molecule has 1 fully saturated rings. The van der Waals surface area contributed by atoms with Crippen molar-refractivity contribution in [2.45, 2.75) is 32.2 Å². The first kappa shape index (κ1) is 25.4. The Bertz CT molecular complexity index is 1290. The minimum absolute atomic E-state index is 0.0167. The van der Waals surface area contributed by atoms with E-state index < -0.39 is 18.1 Å². The van der Waals surface area contributed by atoms with Gasteiger partial charge in [0.2, 0.25) is 0 Å². The van der Waals surface area contributed by atoms with Crippen molar-refractivity contribution in [1.82, 2.24) is 19.5 Å². The Morgan fingerprint density at radius 1 is 1.22 bits per heavy atom. The lowest BCUT2D eigenvalue weighted by Gasteiger charge is -2.32. The van der Waals surface area contributed by atoms with Crippen LogP contribution in [-0.4, -0.2) is 55.8 Å². The molecule has 0 spiro atoms. The van der Waals surface area contributed by atoms with Gasteiger partial charge in [-0.25, -0.2) is 24.2 Å². The highest BCUT2D eigenvalue weighted by Crippen LogP contribution is 2.34. The molecule has 2 aromatic heterocycles. The number of carboxylic acid groups (broad SMARTS) is 1. The van der Waals surface area contributed by atoms with Gasteiger partial charge in [0.05, 0.1) is 12.6 Å². The molecule has 1 aliphatic heterocycles. The van der Waals surface area contributed by atoms with Crippen molar-refractivity contribution in [3.63, 3.8) is 0 Å². The van der Waals surface area contributed by atoms with Crippen LogP contribution in [0.25, 0.3) is 11.3 Å². The van der Waals surface area contributed by atoms with Crippen LogP contribution in [0.1, 0.15) is 58.9 Å². The molecule has 3 heterocycles. The van der Waals surface area contributed by atoms with Crippen LogP contribution in [-0.2, 0) is 4.74 Å². The van der Waals surface area contributed by atoms with Crippen LogP contribution in [0.2, 0.25) is 0 Å². The number of nitrogens with one attached hydrogen (secondary N) is 1. The van der Waals surface area contributed by atoms with Crippen molar-refractivity contribution in [2.75, 3.05) is 24.3 Å². The van der Waals surface area contributed by atoms with Crippen molar-refractivity contribution in [3.05, 3.63) is 63.2 Å². The number of pyridine rings is 1. The number of nitrogen functional groups attached to an aromatic ring is 1. The number of nitrogens with zero attached hydrogens (tertiary/aromatic N) is 4. The number of benzene rings is 1. The third kappa shape index (κ3) is 5.27. The Kier molecular flexibility index (Phi) is 7.72. The van der Waals surface area contributed by atoms with E-state index in [4.69, 9.17) is 10.6 Å². The number of likely N-dealkylation sites (tertiary alicyclic amines) is 1. The highest BCUT2D eigenvalue weighted by atomic mass is 127. The van der Waals surface area contributed by atoms with Crippen LogP contribution in [0, 0.1) is 3.57 Å². The van der Waals surface area contributed by atoms with Gasteiger partial charge in [-0.15, -0.1) is 0 Å². The summed E-state index contributed by atoms with van der Waals surface area (Å²) in [6.07, 6.45) is 2.63. The first-order chi connectivity index (χ1) is 17.3. The Hall–Kier alpha value is -3.68. The molecule has 36 heavy (non-hydrogen) atoms. The first-order valence-electron chi connectivity index (χ1n) is 11.4. The van der Waals surface area contributed by atoms with E-state index in [-0.39, 0.29) is 29.7 Å². The Balaban J connectivity index is 1.68. The number of carbonyl (C=O) groups excluding carboxylic acids is 2. The smallest absolute Gasteiger partial charge is 0.407 e. The number of ether oxygens (including phenoxy) is 1. The van der Waals surface area contributed by atoms with Crippen LogP contribution >= 0.6 is 22.6 Å². The highest BCUT2D eigenvalue weighted by molar-refractivity contribution is 14.1. The number of halogens is 1. The molecule has 0 radical (unpaired) electrons. The lowest BCUT2D eigenvalue weighted by Crippen LogP contribution is -2.39. The quantitative estimate of drug-likeness (QED) is 0.218. The maximum atomic E-state index is 12.8. The van der Waals surface area contributed by atoms with E-state index in [0.29, 0.717) is 29.9 Å². The monoisotopic (exact) mass is 604 g/mol. The molecule has 2 amide bonds. The second kappa shape index (κ2) is 10.9. The Morgan fingerprint density at radius 3 is 2.64 bits per heavy atom. The highest BCUT2D eigenvalue weighted by Gasteiger charge is 2.34. The van der Waals surface area contributed by atoms with E-state index >= 15 is 0 Å². The first-order valence-corrected chi connectivity index (χ1v) is 12.5. The van der Waals surface area contributed by atoms with E-state index in [0.717, 1.165) is 21.1 Å². The van der Waals surface area contributed by atoms with Crippen LogP contribution in [0.15, 0.2) is 42.6 Å². The molecule has 1 unspecified atom stereocenters. The summed E-state index contributed by atoms with van der Waals surface area (Å²) in [5, 5.41) is 12.4. The number of nitrogens with two attached hydrogens (primary N) is 1. The molecule has 0 saturated carbocycles. The molecule has 3 aromatic rings. The van der Waals surface area contributed by atoms with Gasteiger partial charge in [0.1, 0.15) is 11.5 Å². The molecule has 4 rings (SSSR count). The van der Waals surface area contributed by atoms with Gasteiger partial charge in [0.25, 0.3) is 5.91 Å². The van der Waals surface area contributed by atoms with Gasteiger partial charge in [0.15, 0.2) is 11.5 Å². The predicted octanol–water partition coefficient (Wildman–Crippen LogP) is 3.90. The Morgan fingerprint density at radius 2 is 1.97 bits per heavy atom. The van der Waals surface area contributed by atoms with Crippen molar-refractivity contribution >= 4 is 46.4 Å². The van der Waals surface area contributed by atoms with E-state index in [9.17, 15) is 19.5 Å². The zero-order valence-electron chi connectivity index (χ0n) is 19.5. The van der Waals surface area contributed by atoms with E-state index in [1.807, 2.05) is 6.07 Å². The van der Waals surface area contributed by atoms with Gasteiger partial charge in [-0.3, -0.25) is 9.69 Å². The maximum absolute atomic E-state index is 12.8. The molecular formula is C24H25IN6O5. The molecule has 0 aliphatic carbocycles. The van der Waals surface area contributed by atoms with Gasteiger partial charge in [-0.1, -0.05) is 12.1 Å². The third-order valence-electron chi connectivity index (χ3n) is 5.84. The molecule has 11 nitrogen and oxygen atoms in total. The summed E-state index contributed by atoms with van der Waals surface area (Å²) in [5.74, 6) is 5.99. The fourth-order valence-corrected chi connectivity index (χ4v) is 4.61. The molecular weight excluding hydrogens is 579 g/mol. The fourth-order valence-electron chi connectivity index (χ4n) is 4.15. The van der Waals surface area contributed by atoms with Crippen LogP contribution in [0.3, 0.4) is 0 Å². The zero-order chi connectivity index (χ0) is 25.8. The zero-order valence-corrected chi connectivity index (χ0v) is 21.6. The van der Waals surface area contributed by atoms with E-state index in [1.165, 1.54) is 4.90 Å². The second-order valence-electron chi connectivity index (χ2n) is 8.14. The minimum Gasteiger partial charge on any atom is -0.465 e. The van der Waals surface area contributed by atoms with E-state index in [2.05, 4.69) is 37.9 Å². The van der Waals surface area contributed by atoms with Crippen molar-refractivity contribution < 1.29 is 24.2 Å². The third-order valence-corrected chi connectivity index (χ3v) is 6.51. The molecule has 1 aliphatic rings. The lowest BCUT2D eigenvalue weighted by atomic mass is 10.0. The summed E-state index contributed by atoms with van der Waals surface area (Å²) in [4.78, 5) is 47.3.